The first-order chi connectivity index (χ1) is 10.2. The van der Waals surface area contributed by atoms with E-state index in [9.17, 15) is 0 Å². The second-order valence-electron chi connectivity index (χ2n) is 4.89. The monoisotopic (exact) mass is 323 g/mol. The molecule has 0 unspecified atom stereocenters. The number of hydrogen-bond acceptors (Lipinski definition) is 2. The quantitative estimate of drug-likeness (QED) is 0.718. The molecule has 0 fully saturated rings. The Morgan fingerprint density at radius 1 is 1.00 bits per heavy atom. The summed E-state index contributed by atoms with van der Waals surface area (Å²) in [4.78, 5) is 0. The van der Waals surface area contributed by atoms with Gasteiger partial charge in [-0.3, -0.25) is 0 Å². The number of benzene rings is 2. The van der Waals surface area contributed by atoms with Crippen molar-refractivity contribution < 1.29 is 4.74 Å². The van der Waals surface area contributed by atoms with Gasteiger partial charge >= 0.3 is 0 Å². The van der Waals surface area contributed by atoms with E-state index in [-0.39, 0.29) is 0 Å². The van der Waals surface area contributed by atoms with Crippen LogP contribution in [0.1, 0.15) is 24.5 Å². The average Bonchev–Trinajstić information content (AvgIpc) is 2.45. The Balaban J connectivity index is 1.94. The standard InChI is InChI=1S/C17H19Cl2NO/c1-2-6-20-11-13-4-3-5-14(7-13)12-21-17-9-15(18)8-16(19)10-17/h3-5,7-10,20H,2,6,11-12H2,1H3. The highest BCUT2D eigenvalue weighted by atomic mass is 35.5. The average molecular weight is 324 g/mol. The van der Waals surface area contributed by atoms with Crippen molar-refractivity contribution in [2.75, 3.05) is 6.54 Å². The molecule has 0 amide bonds. The molecule has 0 saturated carbocycles. The minimum atomic E-state index is 0.498. The molecule has 0 aromatic heterocycles. The van der Waals surface area contributed by atoms with Crippen molar-refractivity contribution in [1.29, 1.82) is 0 Å². The Morgan fingerprint density at radius 3 is 2.43 bits per heavy atom. The summed E-state index contributed by atoms with van der Waals surface area (Å²) in [5.74, 6) is 0.682. The first-order valence-electron chi connectivity index (χ1n) is 7.05. The van der Waals surface area contributed by atoms with Crippen LogP contribution in [0.2, 0.25) is 10.0 Å². The number of nitrogens with one attached hydrogen (secondary N) is 1. The van der Waals surface area contributed by atoms with Gasteiger partial charge in [-0.1, -0.05) is 54.4 Å². The summed E-state index contributed by atoms with van der Waals surface area (Å²) in [5.41, 5.74) is 2.38. The van der Waals surface area contributed by atoms with E-state index >= 15 is 0 Å². The Morgan fingerprint density at radius 2 is 1.71 bits per heavy atom. The molecular weight excluding hydrogens is 305 g/mol. The predicted molar refractivity (Wildman–Crippen MR) is 89.2 cm³/mol. The van der Waals surface area contributed by atoms with Crippen LogP contribution >= 0.6 is 23.2 Å². The molecule has 2 aromatic rings. The number of hydrogen-bond donors (Lipinski definition) is 1. The van der Waals surface area contributed by atoms with Gasteiger partial charge in [0, 0.05) is 16.6 Å². The van der Waals surface area contributed by atoms with Crippen LogP contribution in [0.5, 0.6) is 5.75 Å². The Hall–Kier alpha value is -1.22. The first-order valence-corrected chi connectivity index (χ1v) is 7.80. The largest absolute Gasteiger partial charge is 0.489 e. The lowest BCUT2D eigenvalue weighted by molar-refractivity contribution is 0.306. The van der Waals surface area contributed by atoms with Crippen molar-refractivity contribution in [2.24, 2.45) is 0 Å². The highest BCUT2D eigenvalue weighted by Gasteiger charge is 2.01. The van der Waals surface area contributed by atoms with E-state index in [2.05, 4.69) is 30.4 Å². The van der Waals surface area contributed by atoms with Crippen LogP contribution in [0.15, 0.2) is 42.5 Å². The molecule has 0 saturated heterocycles. The molecule has 0 atom stereocenters. The van der Waals surface area contributed by atoms with E-state index in [0.29, 0.717) is 22.4 Å². The van der Waals surface area contributed by atoms with Crippen LogP contribution in [0.3, 0.4) is 0 Å². The van der Waals surface area contributed by atoms with Crippen molar-refractivity contribution in [2.45, 2.75) is 26.5 Å². The third kappa shape index (κ3) is 5.58. The minimum Gasteiger partial charge on any atom is -0.489 e. The van der Waals surface area contributed by atoms with Crippen LogP contribution in [0, 0.1) is 0 Å². The van der Waals surface area contributed by atoms with Gasteiger partial charge in [-0.2, -0.15) is 0 Å². The fourth-order valence-corrected chi connectivity index (χ4v) is 2.52. The summed E-state index contributed by atoms with van der Waals surface area (Å²) in [6.45, 7) is 4.57. The van der Waals surface area contributed by atoms with Gasteiger partial charge in [0.1, 0.15) is 12.4 Å². The van der Waals surface area contributed by atoms with E-state index < -0.39 is 0 Å². The van der Waals surface area contributed by atoms with E-state index in [0.717, 1.165) is 25.1 Å². The summed E-state index contributed by atoms with van der Waals surface area (Å²) in [6, 6.07) is 13.6. The molecule has 4 heteroatoms. The Bertz CT molecular complexity index is 567. The van der Waals surface area contributed by atoms with Crippen molar-refractivity contribution >= 4 is 23.2 Å². The summed E-state index contributed by atoms with van der Waals surface area (Å²) >= 11 is 11.9. The smallest absolute Gasteiger partial charge is 0.122 e. The van der Waals surface area contributed by atoms with Gasteiger partial charge < -0.3 is 10.1 Å². The third-order valence-electron chi connectivity index (χ3n) is 2.99. The Kier molecular flexibility index (Phi) is 6.37. The fraction of sp³-hybridized carbons (Fsp3) is 0.294. The second kappa shape index (κ2) is 8.28. The molecule has 2 nitrogen and oxygen atoms in total. The zero-order valence-corrected chi connectivity index (χ0v) is 13.5. The molecule has 0 spiro atoms. The molecule has 1 N–H and O–H groups in total. The lowest BCUT2D eigenvalue weighted by atomic mass is 10.1. The normalized spacial score (nSPS) is 10.6. The molecule has 0 bridgehead atoms. The topological polar surface area (TPSA) is 21.3 Å². The van der Waals surface area contributed by atoms with Gasteiger partial charge in [-0.25, -0.2) is 0 Å². The van der Waals surface area contributed by atoms with Gasteiger partial charge in [0.05, 0.1) is 0 Å². The van der Waals surface area contributed by atoms with Crippen LogP contribution in [0.4, 0.5) is 0 Å². The van der Waals surface area contributed by atoms with Gasteiger partial charge in [-0.15, -0.1) is 0 Å². The van der Waals surface area contributed by atoms with E-state index in [4.69, 9.17) is 27.9 Å². The van der Waals surface area contributed by atoms with Crippen molar-refractivity contribution in [1.82, 2.24) is 5.32 Å². The zero-order valence-electron chi connectivity index (χ0n) is 12.0. The molecule has 2 aromatic carbocycles. The SMILES string of the molecule is CCCNCc1cccc(COc2cc(Cl)cc(Cl)c2)c1. The van der Waals surface area contributed by atoms with Gasteiger partial charge in [0.2, 0.25) is 0 Å². The highest BCUT2D eigenvalue weighted by molar-refractivity contribution is 6.34. The summed E-state index contributed by atoms with van der Waals surface area (Å²) in [6.07, 6.45) is 1.14. The number of halogens is 2. The predicted octanol–water partition coefficient (Wildman–Crippen LogP) is 5.07. The van der Waals surface area contributed by atoms with Gasteiger partial charge in [0.25, 0.3) is 0 Å². The molecule has 0 radical (unpaired) electrons. The lowest BCUT2D eigenvalue weighted by Crippen LogP contribution is -2.13. The summed E-state index contributed by atoms with van der Waals surface area (Å²) in [7, 11) is 0. The molecule has 0 heterocycles. The van der Waals surface area contributed by atoms with Crippen molar-refractivity contribution in [3.8, 4) is 5.75 Å². The maximum atomic E-state index is 5.96. The Labute approximate surface area is 136 Å². The summed E-state index contributed by atoms with van der Waals surface area (Å²) in [5, 5.41) is 4.55. The van der Waals surface area contributed by atoms with Crippen LogP contribution in [-0.4, -0.2) is 6.54 Å². The van der Waals surface area contributed by atoms with Crippen molar-refractivity contribution in [3.05, 3.63) is 63.6 Å². The summed E-state index contributed by atoms with van der Waals surface area (Å²) < 4.78 is 5.75. The van der Waals surface area contributed by atoms with Crippen LogP contribution in [-0.2, 0) is 13.2 Å². The molecule has 112 valence electrons. The lowest BCUT2D eigenvalue weighted by Gasteiger charge is -2.09. The maximum Gasteiger partial charge on any atom is 0.122 e. The van der Waals surface area contributed by atoms with Crippen molar-refractivity contribution in [3.63, 3.8) is 0 Å². The first kappa shape index (κ1) is 16.2. The third-order valence-corrected chi connectivity index (χ3v) is 3.43. The van der Waals surface area contributed by atoms with E-state index in [1.54, 1.807) is 18.2 Å². The van der Waals surface area contributed by atoms with Crippen LogP contribution < -0.4 is 10.1 Å². The molecule has 2 rings (SSSR count). The molecule has 0 aliphatic heterocycles. The van der Waals surface area contributed by atoms with Crippen LogP contribution in [0.25, 0.3) is 0 Å². The van der Waals surface area contributed by atoms with Gasteiger partial charge in [-0.05, 0) is 42.3 Å². The van der Waals surface area contributed by atoms with Gasteiger partial charge in [0.15, 0.2) is 0 Å². The highest BCUT2D eigenvalue weighted by Crippen LogP contribution is 2.24. The molecule has 21 heavy (non-hydrogen) atoms. The second-order valence-corrected chi connectivity index (χ2v) is 5.76. The maximum absolute atomic E-state index is 5.96. The zero-order chi connectivity index (χ0) is 15.1. The fourth-order valence-electron chi connectivity index (χ4n) is 2.02. The molecular formula is C17H19Cl2NO. The number of rotatable bonds is 7. The molecule has 0 aliphatic carbocycles. The molecule has 0 aliphatic rings. The van der Waals surface area contributed by atoms with E-state index in [1.807, 2.05) is 6.07 Å². The van der Waals surface area contributed by atoms with E-state index in [1.165, 1.54) is 5.56 Å². The number of ether oxygens (including phenoxy) is 1. The minimum absolute atomic E-state index is 0.498.